The van der Waals surface area contributed by atoms with E-state index in [9.17, 15) is 9.90 Å². The molecular formula is C25H29N5O4. The van der Waals surface area contributed by atoms with Gasteiger partial charge < -0.3 is 24.5 Å². The lowest BCUT2D eigenvalue weighted by molar-refractivity contribution is 0.203. The van der Waals surface area contributed by atoms with Gasteiger partial charge in [0.05, 0.1) is 47.4 Å². The normalized spacial score (nSPS) is 14.6. The highest BCUT2D eigenvalue weighted by molar-refractivity contribution is 6.09. The number of aryl methyl sites for hydroxylation is 1. The van der Waals surface area contributed by atoms with E-state index in [1.165, 1.54) is 36.9 Å². The summed E-state index contributed by atoms with van der Waals surface area (Å²) >= 11 is 0. The first-order valence-electron chi connectivity index (χ1n) is 11.7. The Bertz CT molecular complexity index is 1370. The highest BCUT2D eigenvalue weighted by Crippen LogP contribution is 2.44. The average Bonchev–Trinajstić information content (AvgIpc) is 3.16. The molecule has 0 amide bonds. The maximum Gasteiger partial charge on any atom is 0.326 e. The molecule has 0 saturated carbocycles. The predicted molar refractivity (Wildman–Crippen MR) is 131 cm³/mol. The first kappa shape index (κ1) is 22.2. The number of aromatic nitrogens is 4. The summed E-state index contributed by atoms with van der Waals surface area (Å²) in [6, 6.07) is 5.39. The van der Waals surface area contributed by atoms with E-state index in [0.717, 1.165) is 13.0 Å². The molecule has 1 aliphatic heterocycles. The fourth-order valence-corrected chi connectivity index (χ4v) is 4.69. The number of aromatic hydroxyl groups is 1. The molecule has 1 fully saturated rings. The number of H-pyrrole nitrogens is 1. The van der Waals surface area contributed by atoms with E-state index in [4.69, 9.17) is 9.47 Å². The maximum atomic E-state index is 12.2. The number of piperidine rings is 1. The molecule has 3 aromatic heterocycles. The zero-order valence-corrected chi connectivity index (χ0v) is 19.5. The van der Waals surface area contributed by atoms with Gasteiger partial charge in [0.25, 0.3) is 0 Å². The van der Waals surface area contributed by atoms with Crippen molar-refractivity contribution in [2.24, 2.45) is 7.05 Å². The van der Waals surface area contributed by atoms with Crippen LogP contribution < -0.4 is 15.2 Å². The number of pyridine rings is 2. The van der Waals surface area contributed by atoms with Crippen LogP contribution in [-0.4, -0.2) is 62.9 Å². The Morgan fingerprint density at radius 1 is 1.15 bits per heavy atom. The zero-order chi connectivity index (χ0) is 23.7. The third kappa shape index (κ3) is 4.07. The van der Waals surface area contributed by atoms with Crippen LogP contribution in [0.4, 0.5) is 0 Å². The van der Waals surface area contributed by atoms with Crippen LogP contribution in [0.15, 0.2) is 35.4 Å². The van der Waals surface area contributed by atoms with Crippen molar-refractivity contribution in [3.05, 3.63) is 41.1 Å². The minimum Gasteiger partial charge on any atom is -0.506 e. The first-order chi connectivity index (χ1) is 16.6. The van der Waals surface area contributed by atoms with Crippen LogP contribution in [0, 0.1) is 0 Å². The number of nitrogens with zero attached hydrogens (tertiary/aromatic N) is 4. The summed E-state index contributed by atoms with van der Waals surface area (Å²) in [5.74, 6) is 0.983. The van der Waals surface area contributed by atoms with Crippen LogP contribution in [0.2, 0.25) is 0 Å². The maximum absolute atomic E-state index is 12.2. The molecule has 34 heavy (non-hydrogen) atoms. The number of rotatable bonds is 7. The minimum absolute atomic E-state index is 0.0219. The monoisotopic (exact) mass is 463 g/mol. The molecule has 2 N–H and O–H groups in total. The Labute approximate surface area is 197 Å². The van der Waals surface area contributed by atoms with Gasteiger partial charge in [0.15, 0.2) is 0 Å². The van der Waals surface area contributed by atoms with E-state index in [-0.39, 0.29) is 11.4 Å². The molecule has 1 aromatic carbocycles. The summed E-state index contributed by atoms with van der Waals surface area (Å²) in [5.41, 5.74) is 2.54. The lowest BCUT2D eigenvalue weighted by Gasteiger charge is -2.26. The Morgan fingerprint density at radius 2 is 1.97 bits per heavy atom. The average molecular weight is 464 g/mol. The lowest BCUT2D eigenvalue weighted by Crippen LogP contribution is -2.31. The number of ether oxygens (including phenoxy) is 2. The number of nitrogens with one attached hydrogen (secondary N) is 1. The quantitative estimate of drug-likeness (QED) is 0.405. The number of phenolic OH excluding ortho intramolecular Hbond substituents is 1. The molecule has 0 unspecified atom stereocenters. The number of methoxy groups -OCH3 is 1. The molecule has 1 saturated heterocycles. The lowest BCUT2D eigenvalue weighted by atomic mass is 10.0. The number of likely N-dealkylation sites (tertiary alicyclic amines) is 1. The molecule has 9 heteroatoms. The van der Waals surface area contributed by atoms with E-state index in [1.54, 1.807) is 38.7 Å². The van der Waals surface area contributed by atoms with Crippen molar-refractivity contribution in [1.82, 2.24) is 24.4 Å². The number of phenols is 1. The molecular weight excluding hydrogens is 434 g/mol. The largest absolute Gasteiger partial charge is 0.506 e. The Hall–Kier alpha value is -3.59. The summed E-state index contributed by atoms with van der Waals surface area (Å²) in [5, 5.41) is 11.7. The molecule has 1 aliphatic rings. The Kier molecular flexibility index (Phi) is 6.10. The number of benzene rings is 1. The van der Waals surface area contributed by atoms with Crippen LogP contribution in [0.1, 0.15) is 25.7 Å². The van der Waals surface area contributed by atoms with E-state index < -0.39 is 0 Å². The van der Waals surface area contributed by atoms with Gasteiger partial charge >= 0.3 is 5.69 Å². The van der Waals surface area contributed by atoms with Crippen LogP contribution in [-0.2, 0) is 7.05 Å². The van der Waals surface area contributed by atoms with Crippen molar-refractivity contribution in [3.63, 3.8) is 0 Å². The van der Waals surface area contributed by atoms with Gasteiger partial charge in [0.1, 0.15) is 11.5 Å². The second kappa shape index (κ2) is 9.34. The molecule has 178 valence electrons. The number of hydrogen-bond donors (Lipinski definition) is 2. The van der Waals surface area contributed by atoms with Gasteiger partial charge in [0.2, 0.25) is 5.88 Å². The summed E-state index contributed by atoms with van der Waals surface area (Å²) in [4.78, 5) is 26.3. The van der Waals surface area contributed by atoms with Crippen LogP contribution in [0.5, 0.6) is 17.4 Å². The molecule has 4 aromatic rings. The van der Waals surface area contributed by atoms with Crippen LogP contribution in [0.3, 0.4) is 0 Å². The molecule has 5 rings (SSSR count). The van der Waals surface area contributed by atoms with Crippen molar-refractivity contribution >= 4 is 21.9 Å². The van der Waals surface area contributed by atoms with E-state index in [0.29, 0.717) is 51.3 Å². The molecule has 0 spiro atoms. The van der Waals surface area contributed by atoms with Crippen LogP contribution >= 0.6 is 0 Å². The van der Waals surface area contributed by atoms with Gasteiger partial charge in [-0.3, -0.25) is 9.55 Å². The molecule has 0 aliphatic carbocycles. The van der Waals surface area contributed by atoms with Gasteiger partial charge in [-0.25, -0.2) is 9.78 Å². The van der Waals surface area contributed by atoms with Gasteiger partial charge in [0, 0.05) is 37.5 Å². The third-order valence-electron chi connectivity index (χ3n) is 6.54. The highest BCUT2D eigenvalue weighted by Gasteiger charge is 2.20. The predicted octanol–water partition coefficient (Wildman–Crippen LogP) is 3.45. The van der Waals surface area contributed by atoms with Gasteiger partial charge in [-0.05, 0) is 38.4 Å². The standard InChI is InChI=1S/C25H29N5O4/c1-29-18-15-26-17-13-19(33-2)21(24(31)22(17)23(18)28-25(29)32)16-7-8-20(27-14-16)34-12-6-11-30-9-4-3-5-10-30/h7-8,13-15,31H,3-6,9-12H2,1-2H3,(H,28,32). The van der Waals surface area contributed by atoms with E-state index >= 15 is 0 Å². The molecule has 0 radical (unpaired) electrons. The Morgan fingerprint density at radius 3 is 2.71 bits per heavy atom. The van der Waals surface area contributed by atoms with E-state index in [2.05, 4.69) is 19.9 Å². The van der Waals surface area contributed by atoms with Crippen LogP contribution in [0.25, 0.3) is 33.1 Å². The smallest absolute Gasteiger partial charge is 0.326 e. The first-order valence-corrected chi connectivity index (χ1v) is 11.7. The summed E-state index contributed by atoms with van der Waals surface area (Å²) < 4.78 is 12.9. The van der Waals surface area contributed by atoms with Crippen molar-refractivity contribution in [2.45, 2.75) is 25.7 Å². The van der Waals surface area contributed by atoms with E-state index in [1.807, 2.05) is 6.07 Å². The van der Waals surface area contributed by atoms with Crippen molar-refractivity contribution < 1.29 is 14.6 Å². The summed E-state index contributed by atoms with van der Waals surface area (Å²) in [6.07, 6.45) is 8.14. The fourth-order valence-electron chi connectivity index (χ4n) is 4.69. The zero-order valence-electron chi connectivity index (χ0n) is 19.5. The SMILES string of the molecule is COc1cc2ncc3c([nH]c(=O)n3C)c2c(O)c1-c1ccc(OCCCN2CCCCC2)nc1. The number of hydrogen-bond acceptors (Lipinski definition) is 7. The second-order valence-corrected chi connectivity index (χ2v) is 8.69. The second-order valence-electron chi connectivity index (χ2n) is 8.69. The van der Waals surface area contributed by atoms with Crippen molar-refractivity contribution in [1.29, 1.82) is 0 Å². The summed E-state index contributed by atoms with van der Waals surface area (Å²) in [7, 11) is 3.20. The Balaban J connectivity index is 1.40. The highest BCUT2D eigenvalue weighted by atomic mass is 16.5. The molecule has 0 atom stereocenters. The van der Waals surface area contributed by atoms with Gasteiger partial charge in [-0.2, -0.15) is 0 Å². The van der Waals surface area contributed by atoms with Gasteiger partial charge in [-0.1, -0.05) is 6.42 Å². The molecule has 0 bridgehead atoms. The minimum atomic E-state index is -0.274. The summed E-state index contributed by atoms with van der Waals surface area (Å²) in [6.45, 7) is 4.02. The third-order valence-corrected chi connectivity index (χ3v) is 6.54. The van der Waals surface area contributed by atoms with Gasteiger partial charge in [-0.15, -0.1) is 0 Å². The van der Waals surface area contributed by atoms with Crippen molar-refractivity contribution in [2.75, 3.05) is 33.4 Å². The number of fused-ring (bicyclic) bond motifs is 3. The topological polar surface area (TPSA) is 106 Å². The molecule has 4 heterocycles. The molecule has 9 nitrogen and oxygen atoms in total. The van der Waals surface area contributed by atoms with Crippen molar-refractivity contribution in [3.8, 4) is 28.5 Å². The fraction of sp³-hybridized carbons (Fsp3) is 0.400. The number of imidazole rings is 1. The number of aromatic amines is 1.